The van der Waals surface area contributed by atoms with Gasteiger partial charge in [0.15, 0.2) is 0 Å². The van der Waals surface area contributed by atoms with Crippen LogP contribution in [0.5, 0.6) is 0 Å². The molecule has 0 aliphatic heterocycles. The van der Waals surface area contributed by atoms with Crippen molar-refractivity contribution in [2.45, 2.75) is 109 Å². The molecule has 0 saturated heterocycles. The zero-order chi connectivity index (χ0) is 20.6. The Labute approximate surface area is 162 Å². The number of thiocarbonyl (C=S) groups is 1. The maximum atomic E-state index is 5.03. The highest BCUT2D eigenvalue weighted by Gasteiger charge is 2.01. The van der Waals surface area contributed by atoms with Crippen molar-refractivity contribution in [2.24, 2.45) is 11.8 Å². The maximum absolute atomic E-state index is 5.03. The monoisotopic (exact) mass is 358 g/mol. The standard InChI is InChI=1S/C8H16S.C7H14.C4H8.2C2H6/c1-4-5-6-7(2)8(3)9;1-6(2)5-7(3)4;1-3-4-2;2*1-2/h7H,4-6H2,1-3H3;5-6H,1-4H3;3H,1,4H2,2H3;2*1-2H3. The van der Waals surface area contributed by atoms with Crippen molar-refractivity contribution in [2.75, 3.05) is 0 Å². The van der Waals surface area contributed by atoms with Crippen molar-refractivity contribution in [1.29, 1.82) is 0 Å². The predicted octanol–water partition coefficient (Wildman–Crippen LogP) is 9.45. The highest BCUT2D eigenvalue weighted by atomic mass is 32.1. The second kappa shape index (κ2) is 34.0. The molecule has 0 fully saturated rings. The molecule has 0 rings (SSSR count). The summed E-state index contributed by atoms with van der Waals surface area (Å²) in [5.41, 5.74) is 1.41. The van der Waals surface area contributed by atoms with Crippen LogP contribution in [0.2, 0.25) is 0 Å². The molecule has 0 bridgehead atoms. The summed E-state index contributed by atoms with van der Waals surface area (Å²) in [6.07, 6.45) is 9.08. The van der Waals surface area contributed by atoms with Crippen LogP contribution in [0.4, 0.5) is 0 Å². The Morgan fingerprint density at radius 3 is 1.46 bits per heavy atom. The summed E-state index contributed by atoms with van der Waals surface area (Å²) >= 11 is 5.03. The average Bonchev–Trinajstić information content (AvgIpc) is 2.55. The Balaban J connectivity index is -0.0000000714. The summed E-state index contributed by atoms with van der Waals surface area (Å²) in [5, 5.41) is 0. The molecule has 0 nitrogen and oxygen atoms in total. The van der Waals surface area contributed by atoms with Crippen molar-refractivity contribution in [3.8, 4) is 0 Å². The Morgan fingerprint density at radius 2 is 1.33 bits per heavy atom. The van der Waals surface area contributed by atoms with Gasteiger partial charge in [0.25, 0.3) is 0 Å². The first kappa shape index (κ1) is 34.8. The van der Waals surface area contributed by atoms with E-state index in [1.165, 1.54) is 24.8 Å². The molecule has 0 spiro atoms. The molecule has 1 atom stereocenters. The first-order valence-corrected chi connectivity index (χ1v) is 10.4. The van der Waals surface area contributed by atoms with Crippen LogP contribution >= 0.6 is 12.2 Å². The van der Waals surface area contributed by atoms with Crippen molar-refractivity contribution in [1.82, 2.24) is 0 Å². The van der Waals surface area contributed by atoms with Crippen molar-refractivity contribution in [3.05, 3.63) is 24.3 Å². The van der Waals surface area contributed by atoms with Crippen molar-refractivity contribution >= 4 is 17.1 Å². The number of hydrogen-bond donors (Lipinski definition) is 0. The van der Waals surface area contributed by atoms with Gasteiger partial charge in [-0.1, -0.05) is 105 Å². The Morgan fingerprint density at radius 1 is 0.958 bits per heavy atom. The third kappa shape index (κ3) is 57.8. The van der Waals surface area contributed by atoms with E-state index in [1.54, 1.807) is 0 Å². The molecule has 0 saturated carbocycles. The summed E-state index contributed by atoms with van der Waals surface area (Å²) < 4.78 is 0. The van der Waals surface area contributed by atoms with Gasteiger partial charge < -0.3 is 0 Å². The molecule has 0 radical (unpaired) electrons. The molecule has 0 amide bonds. The number of allylic oxidation sites excluding steroid dienone is 3. The molecule has 1 unspecified atom stereocenters. The van der Waals surface area contributed by atoms with Crippen LogP contribution in [0.1, 0.15) is 109 Å². The van der Waals surface area contributed by atoms with E-state index in [-0.39, 0.29) is 0 Å². The minimum Gasteiger partial charge on any atom is -0.103 e. The van der Waals surface area contributed by atoms with Crippen molar-refractivity contribution < 1.29 is 0 Å². The van der Waals surface area contributed by atoms with Gasteiger partial charge in [-0.15, -0.1) is 6.58 Å². The fraction of sp³-hybridized carbons (Fsp3) is 0.783. The molecular weight excluding hydrogens is 308 g/mol. The van der Waals surface area contributed by atoms with E-state index in [4.69, 9.17) is 12.2 Å². The summed E-state index contributed by atoms with van der Waals surface area (Å²) in [6.45, 7) is 28.6. The lowest BCUT2D eigenvalue weighted by molar-refractivity contribution is 0.628. The SMILES string of the molecule is C=CCC.CC.CC.CC(C)=CC(C)C.CCCCC(C)C(C)=S. The molecule has 0 aromatic carbocycles. The van der Waals surface area contributed by atoms with Gasteiger partial charge >= 0.3 is 0 Å². The van der Waals surface area contributed by atoms with Crippen LogP contribution in [0.25, 0.3) is 0 Å². The van der Waals surface area contributed by atoms with Gasteiger partial charge in [-0.3, -0.25) is 0 Å². The summed E-state index contributed by atoms with van der Waals surface area (Å²) in [5.74, 6) is 1.37. The minimum atomic E-state index is 0.653. The largest absolute Gasteiger partial charge is 0.103 e. The lowest BCUT2D eigenvalue weighted by Crippen LogP contribution is -2.02. The first-order chi connectivity index (χ1) is 11.2. The molecule has 0 aromatic rings. The van der Waals surface area contributed by atoms with Gasteiger partial charge in [0, 0.05) is 0 Å². The topological polar surface area (TPSA) is 0 Å². The lowest BCUT2D eigenvalue weighted by atomic mass is 10.0. The third-order valence-electron chi connectivity index (χ3n) is 2.64. The van der Waals surface area contributed by atoms with E-state index >= 15 is 0 Å². The van der Waals surface area contributed by atoms with Crippen LogP contribution in [-0.2, 0) is 0 Å². The fourth-order valence-electron chi connectivity index (χ4n) is 1.38. The van der Waals surface area contributed by atoms with Gasteiger partial charge in [0.05, 0.1) is 0 Å². The molecule has 1 heteroatoms. The zero-order valence-corrected chi connectivity index (χ0v) is 20.1. The van der Waals surface area contributed by atoms with E-state index < -0.39 is 0 Å². The molecule has 0 aromatic heterocycles. The predicted molar refractivity (Wildman–Crippen MR) is 124 cm³/mol. The molecule has 148 valence electrons. The number of unbranched alkanes of at least 4 members (excludes halogenated alkanes) is 1. The van der Waals surface area contributed by atoms with Crippen LogP contribution in [0, 0.1) is 11.8 Å². The van der Waals surface area contributed by atoms with E-state index in [2.05, 4.69) is 61.1 Å². The Kier molecular flexibility index (Phi) is 49.3. The zero-order valence-electron chi connectivity index (χ0n) is 19.3. The Bertz CT molecular complexity index is 245. The molecular formula is C23H50S. The normalized spacial score (nSPS) is 9.21. The van der Waals surface area contributed by atoms with Gasteiger partial charge in [-0.05, 0) is 50.3 Å². The molecule has 0 aliphatic carbocycles. The highest BCUT2D eigenvalue weighted by molar-refractivity contribution is 7.80. The molecule has 24 heavy (non-hydrogen) atoms. The summed E-state index contributed by atoms with van der Waals surface area (Å²) in [4.78, 5) is 1.16. The summed E-state index contributed by atoms with van der Waals surface area (Å²) in [6, 6.07) is 0. The third-order valence-corrected chi connectivity index (χ3v) is 3.04. The van der Waals surface area contributed by atoms with E-state index in [9.17, 15) is 0 Å². The molecule has 0 heterocycles. The highest BCUT2D eigenvalue weighted by Crippen LogP contribution is 2.08. The van der Waals surface area contributed by atoms with E-state index in [1.807, 2.05) is 40.7 Å². The Hall–Kier alpha value is -0.430. The number of rotatable bonds is 6. The van der Waals surface area contributed by atoms with Gasteiger partial charge in [0.1, 0.15) is 0 Å². The quantitative estimate of drug-likeness (QED) is 0.336. The van der Waals surface area contributed by atoms with Crippen LogP contribution in [0.3, 0.4) is 0 Å². The van der Waals surface area contributed by atoms with Crippen LogP contribution < -0.4 is 0 Å². The minimum absolute atomic E-state index is 0.653. The van der Waals surface area contributed by atoms with Crippen LogP contribution in [0.15, 0.2) is 24.3 Å². The fourth-order valence-corrected chi connectivity index (χ4v) is 1.50. The smallest absolute Gasteiger partial charge is 0.00743 e. The lowest BCUT2D eigenvalue weighted by Gasteiger charge is -2.06. The molecule has 0 aliphatic rings. The first-order valence-electron chi connectivity index (χ1n) is 9.99. The van der Waals surface area contributed by atoms with Crippen molar-refractivity contribution in [3.63, 3.8) is 0 Å². The second-order valence-electron chi connectivity index (χ2n) is 5.84. The number of hydrogen-bond acceptors (Lipinski definition) is 1. The summed E-state index contributed by atoms with van der Waals surface area (Å²) in [7, 11) is 0. The van der Waals surface area contributed by atoms with Gasteiger partial charge in [-0.25, -0.2) is 0 Å². The maximum Gasteiger partial charge on any atom is -0.00743 e. The van der Waals surface area contributed by atoms with E-state index in [0.29, 0.717) is 11.8 Å². The van der Waals surface area contributed by atoms with E-state index in [0.717, 1.165) is 11.3 Å². The average molecular weight is 359 g/mol. The van der Waals surface area contributed by atoms with Crippen LogP contribution in [-0.4, -0.2) is 4.86 Å². The van der Waals surface area contributed by atoms with Gasteiger partial charge in [0.2, 0.25) is 0 Å². The van der Waals surface area contributed by atoms with Gasteiger partial charge in [-0.2, -0.15) is 0 Å². The molecule has 0 N–H and O–H groups in total. The second-order valence-corrected chi connectivity index (χ2v) is 6.48.